The lowest BCUT2D eigenvalue weighted by molar-refractivity contribution is 0.310. The molecule has 0 radical (unpaired) electrons. The molecular formula is C16H22FN3. The molecule has 0 aliphatic carbocycles. The minimum atomic E-state index is -0.220. The van der Waals surface area contributed by atoms with Gasteiger partial charge in [-0.05, 0) is 43.9 Å². The highest BCUT2D eigenvalue weighted by atomic mass is 19.1. The number of rotatable bonds is 3. The molecule has 0 amide bonds. The molecule has 108 valence electrons. The molecular weight excluding hydrogens is 253 g/mol. The first-order chi connectivity index (χ1) is 9.70. The van der Waals surface area contributed by atoms with Gasteiger partial charge in [-0.3, -0.25) is 0 Å². The third kappa shape index (κ3) is 2.33. The van der Waals surface area contributed by atoms with Gasteiger partial charge in [-0.1, -0.05) is 19.9 Å². The molecule has 0 bridgehead atoms. The van der Waals surface area contributed by atoms with Crippen LogP contribution in [0.1, 0.15) is 45.0 Å². The molecule has 20 heavy (non-hydrogen) atoms. The second-order valence-corrected chi connectivity index (χ2v) is 5.87. The molecule has 2 heterocycles. The van der Waals surface area contributed by atoms with Crippen molar-refractivity contribution in [2.45, 2.75) is 45.7 Å². The van der Waals surface area contributed by atoms with Crippen LogP contribution in [0.3, 0.4) is 0 Å². The summed E-state index contributed by atoms with van der Waals surface area (Å²) in [6.07, 6.45) is 3.31. The molecule has 1 aromatic heterocycles. The summed E-state index contributed by atoms with van der Waals surface area (Å²) in [5.74, 6) is 1.47. The number of aromatic nitrogens is 2. The molecule has 1 aliphatic heterocycles. The van der Waals surface area contributed by atoms with Gasteiger partial charge in [0.2, 0.25) is 0 Å². The molecule has 0 spiro atoms. The first kappa shape index (κ1) is 13.6. The van der Waals surface area contributed by atoms with E-state index in [-0.39, 0.29) is 11.9 Å². The lowest BCUT2D eigenvalue weighted by Gasteiger charge is -2.28. The first-order valence-electron chi connectivity index (χ1n) is 7.58. The van der Waals surface area contributed by atoms with Gasteiger partial charge < -0.3 is 9.88 Å². The molecule has 2 atom stereocenters. The number of imidazole rings is 1. The number of benzene rings is 1. The summed E-state index contributed by atoms with van der Waals surface area (Å²) in [5, 5.41) is 3.54. The summed E-state index contributed by atoms with van der Waals surface area (Å²) in [4.78, 5) is 4.61. The van der Waals surface area contributed by atoms with Crippen molar-refractivity contribution in [3.63, 3.8) is 0 Å². The van der Waals surface area contributed by atoms with Gasteiger partial charge in [0, 0.05) is 6.54 Å². The molecule has 2 unspecified atom stereocenters. The predicted octanol–water partition coefficient (Wildman–Crippen LogP) is 3.65. The van der Waals surface area contributed by atoms with Gasteiger partial charge >= 0.3 is 0 Å². The molecule has 1 aliphatic rings. The molecule has 3 nitrogen and oxygen atoms in total. The molecule has 3 rings (SSSR count). The van der Waals surface area contributed by atoms with Crippen LogP contribution in [-0.4, -0.2) is 16.1 Å². The van der Waals surface area contributed by atoms with Crippen molar-refractivity contribution in [3.05, 3.63) is 29.8 Å². The molecule has 2 aromatic rings. The zero-order valence-corrected chi connectivity index (χ0v) is 12.2. The van der Waals surface area contributed by atoms with Crippen molar-refractivity contribution < 1.29 is 4.39 Å². The van der Waals surface area contributed by atoms with Crippen LogP contribution in [-0.2, 0) is 6.54 Å². The van der Waals surface area contributed by atoms with E-state index in [4.69, 9.17) is 0 Å². The lowest BCUT2D eigenvalue weighted by atomic mass is 9.94. The second-order valence-electron chi connectivity index (χ2n) is 5.87. The van der Waals surface area contributed by atoms with E-state index in [1.54, 1.807) is 6.07 Å². The predicted molar refractivity (Wildman–Crippen MR) is 79.1 cm³/mol. The van der Waals surface area contributed by atoms with E-state index >= 15 is 0 Å². The third-order valence-electron chi connectivity index (χ3n) is 4.18. The Morgan fingerprint density at radius 3 is 3.05 bits per heavy atom. The quantitative estimate of drug-likeness (QED) is 0.926. The Morgan fingerprint density at radius 1 is 1.45 bits per heavy atom. The Balaban J connectivity index is 2.08. The van der Waals surface area contributed by atoms with Crippen LogP contribution >= 0.6 is 0 Å². The minimum absolute atomic E-state index is 0.220. The zero-order chi connectivity index (χ0) is 14.1. The molecule has 1 saturated heterocycles. The van der Waals surface area contributed by atoms with Crippen molar-refractivity contribution in [1.82, 2.24) is 14.9 Å². The maximum atomic E-state index is 14.0. The number of para-hydroxylation sites is 1. The number of fused-ring (bicyclic) bond motifs is 1. The van der Waals surface area contributed by atoms with Gasteiger partial charge in [0.15, 0.2) is 5.82 Å². The molecule has 4 heteroatoms. The van der Waals surface area contributed by atoms with Gasteiger partial charge in [-0.2, -0.15) is 0 Å². The van der Waals surface area contributed by atoms with Crippen LogP contribution in [0.2, 0.25) is 0 Å². The Hall–Kier alpha value is -1.42. The molecule has 1 N–H and O–H groups in total. The summed E-state index contributed by atoms with van der Waals surface area (Å²) < 4.78 is 16.2. The van der Waals surface area contributed by atoms with Crippen molar-refractivity contribution in [3.8, 4) is 0 Å². The Labute approximate surface area is 119 Å². The van der Waals surface area contributed by atoms with Crippen LogP contribution in [0.4, 0.5) is 4.39 Å². The van der Waals surface area contributed by atoms with Crippen LogP contribution in [0, 0.1) is 11.7 Å². The summed E-state index contributed by atoms with van der Waals surface area (Å²) in [6, 6.07) is 5.48. The number of nitrogens with zero attached hydrogens (tertiary/aromatic N) is 2. The third-order valence-corrected chi connectivity index (χ3v) is 4.18. The fraction of sp³-hybridized carbons (Fsp3) is 0.562. The Morgan fingerprint density at radius 2 is 2.30 bits per heavy atom. The number of hydrogen-bond acceptors (Lipinski definition) is 2. The van der Waals surface area contributed by atoms with Crippen LogP contribution < -0.4 is 5.32 Å². The molecule has 1 fully saturated rings. The van der Waals surface area contributed by atoms with Crippen LogP contribution in [0.5, 0.6) is 0 Å². The van der Waals surface area contributed by atoms with Crippen molar-refractivity contribution in [2.24, 2.45) is 5.92 Å². The summed E-state index contributed by atoms with van der Waals surface area (Å²) in [6.45, 7) is 6.33. The maximum absolute atomic E-state index is 14.0. The topological polar surface area (TPSA) is 29.9 Å². The van der Waals surface area contributed by atoms with E-state index in [1.807, 2.05) is 6.07 Å². The Bertz CT molecular complexity index is 605. The van der Waals surface area contributed by atoms with Gasteiger partial charge in [0.1, 0.15) is 11.3 Å². The van der Waals surface area contributed by atoms with E-state index in [9.17, 15) is 4.39 Å². The zero-order valence-electron chi connectivity index (χ0n) is 12.2. The van der Waals surface area contributed by atoms with E-state index < -0.39 is 0 Å². The number of halogens is 1. The lowest BCUT2D eigenvalue weighted by Crippen LogP contribution is -2.32. The fourth-order valence-electron chi connectivity index (χ4n) is 3.16. The molecule has 1 aromatic carbocycles. The Kier molecular flexibility index (Phi) is 3.74. The van der Waals surface area contributed by atoms with Crippen molar-refractivity contribution in [1.29, 1.82) is 0 Å². The minimum Gasteiger partial charge on any atom is -0.327 e. The average Bonchev–Trinajstić information content (AvgIpc) is 2.80. The maximum Gasteiger partial charge on any atom is 0.151 e. The smallest absolute Gasteiger partial charge is 0.151 e. The summed E-state index contributed by atoms with van der Waals surface area (Å²) in [7, 11) is 0. The van der Waals surface area contributed by atoms with Gasteiger partial charge in [0.25, 0.3) is 0 Å². The summed E-state index contributed by atoms with van der Waals surface area (Å²) >= 11 is 0. The SMILES string of the molecule is CCCn1c(C2CC(C)CCN2)nc2c(F)cccc21. The normalized spacial score (nSPS) is 23.4. The van der Waals surface area contributed by atoms with E-state index in [2.05, 4.69) is 28.7 Å². The van der Waals surface area contributed by atoms with Crippen LogP contribution in [0.25, 0.3) is 11.0 Å². The standard InChI is InChI=1S/C16H22FN3/c1-3-9-20-14-6-4-5-12(17)15(14)19-16(20)13-10-11(2)7-8-18-13/h4-6,11,13,18H,3,7-10H2,1-2H3. The second kappa shape index (κ2) is 5.52. The highest BCUT2D eigenvalue weighted by molar-refractivity contribution is 5.76. The van der Waals surface area contributed by atoms with E-state index in [0.717, 1.165) is 37.3 Å². The first-order valence-corrected chi connectivity index (χ1v) is 7.58. The highest BCUT2D eigenvalue weighted by Crippen LogP contribution is 2.30. The fourth-order valence-corrected chi connectivity index (χ4v) is 3.16. The van der Waals surface area contributed by atoms with Gasteiger partial charge in [-0.15, -0.1) is 0 Å². The van der Waals surface area contributed by atoms with Crippen molar-refractivity contribution >= 4 is 11.0 Å². The highest BCUT2D eigenvalue weighted by Gasteiger charge is 2.25. The van der Waals surface area contributed by atoms with Gasteiger partial charge in [-0.25, -0.2) is 9.37 Å². The molecule has 0 saturated carbocycles. The van der Waals surface area contributed by atoms with Gasteiger partial charge in [0.05, 0.1) is 11.6 Å². The average molecular weight is 275 g/mol. The largest absolute Gasteiger partial charge is 0.327 e. The van der Waals surface area contributed by atoms with Crippen LogP contribution in [0.15, 0.2) is 18.2 Å². The van der Waals surface area contributed by atoms with E-state index in [0.29, 0.717) is 11.4 Å². The number of nitrogens with one attached hydrogen (secondary N) is 1. The number of aryl methyl sites for hydroxylation is 1. The monoisotopic (exact) mass is 275 g/mol. The number of piperidine rings is 1. The summed E-state index contributed by atoms with van der Waals surface area (Å²) in [5.41, 5.74) is 1.43. The number of hydrogen-bond donors (Lipinski definition) is 1. The van der Waals surface area contributed by atoms with E-state index in [1.165, 1.54) is 12.5 Å². The van der Waals surface area contributed by atoms with Crippen molar-refractivity contribution in [2.75, 3.05) is 6.54 Å².